The minimum atomic E-state index is -3.64. The van der Waals surface area contributed by atoms with Gasteiger partial charge in [-0.2, -0.15) is 12.7 Å². The summed E-state index contributed by atoms with van der Waals surface area (Å²) in [4.78, 5) is 11.1. The van der Waals surface area contributed by atoms with Crippen molar-refractivity contribution in [2.75, 3.05) is 31.5 Å². The molecule has 1 aliphatic rings. The lowest BCUT2D eigenvalue weighted by atomic mass is 10.0. The summed E-state index contributed by atoms with van der Waals surface area (Å²) >= 11 is 0. The predicted molar refractivity (Wildman–Crippen MR) is 86.9 cm³/mol. The maximum atomic E-state index is 12.4. The van der Waals surface area contributed by atoms with E-state index < -0.39 is 16.2 Å². The third-order valence-corrected chi connectivity index (χ3v) is 5.46. The van der Waals surface area contributed by atoms with Crippen LogP contribution in [0.15, 0.2) is 18.2 Å². The van der Waals surface area contributed by atoms with Gasteiger partial charge in [-0.25, -0.2) is 4.79 Å². The van der Waals surface area contributed by atoms with Gasteiger partial charge >= 0.3 is 16.2 Å². The predicted octanol–water partition coefficient (Wildman–Crippen LogP) is 1.57. The van der Waals surface area contributed by atoms with Crippen molar-refractivity contribution < 1.29 is 23.1 Å². The molecule has 7 nitrogen and oxygen atoms in total. The molecule has 1 fully saturated rings. The summed E-state index contributed by atoms with van der Waals surface area (Å²) in [5.41, 5.74) is 1.16. The van der Waals surface area contributed by atoms with Crippen molar-refractivity contribution >= 4 is 21.9 Å². The molecular weight excluding hydrogens is 320 g/mol. The van der Waals surface area contributed by atoms with E-state index in [9.17, 15) is 13.2 Å². The number of methoxy groups -OCH3 is 1. The number of aryl methyl sites for hydroxylation is 1. The lowest BCUT2D eigenvalue weighted by Gasteiger charge is -2.18. The molecule has 0 bridgehead atoms. The number of nitrogens with one attached hydrogen (secondary N) is 1. The molecule has 1 atom stereocenters. The molecule has 1 saturated heterocycles. The van der Waals surface area contributed by atoms with Crippen molar-refractivity contribution in [1.29, 1.82) is 0 Å². The number of hydrogen-bond acceptors (Lipinski definition) is 4. The molecule has 8 heteroatoms. The molecule has 2 rings (SSSR count). The summed E-state index contributed by atoms with van der Waals surface area (Å²) in [6.07, 6.45) is 1.28. The Balaban J connectivity index is 2.13. The van der Waals surface area contributed by atoms with Crippen LogP contribution in [0.25, 0.3) is 0 Å². The number of aromatic carboxylic acids is 1. The first-order chi connectivity index (χ1) is 10.9. The average molecular weight is 342 g/mol. The SMILES string of the molecule is CCc1cc(NS(=O)(=O)N2CCC(COC)C2)ccc1C(=O)O. The van der Waals surface area contributed by atoms with E-state index in [1.165, 1.54) is 16.4 Å². The normalized spacial score (nSPS) is 19.0. The number of hydrogen-bond donors (Lipinski definition) is 2. The van der Waals surface area contributed by atoms with E-state index >= 15 is 0 Å². The lowest BCUT2D eigenvalue weighted by Crippen LogP contribution is -2.34. The molecule has 0 aliphatic carbocycles. The first-order valence-electron chi connectivity index (χ1n) is 7.50. The highest BCUT2D eigenvalue weighted by molar-refractivity contribution is 7.90. The summed E-state index contributed by atoms with van der Waals surface area (Å²) in [5.74, 6) is -0.810. The van der Waals surface area contributed by atoms with Crippen LogP contribution in [0.4, 0.5) is 5.69 Å². The highest BCUT2D eigenvalue weighted by atomic mass is 32.2. The quantitative estimate of drug-likeness (QED) is 0.784. The molecule has 1 heterocycles. The van der Waals surface area contributed by atoms with Gasteiger partial charge in [0.1, 0.15) is 0 Å². The van der Waals surface area contributed by atoms with Gasteiger partial charge in [0.15, 0.2) is 0 Å². The van der Waals surface area contributed by atoms with Gasteiger partial charge in [0.05, 0.1) is 17.9 Å². The Bertz CT molecular complexity index is 674. The van der Waals surface area contributed by atoms with Gasteiger partial charge in [-0.05, 0) is 42.5 Å². The molecule has 0 spiro atoms. The monoisotopic (exact) mass is 342 g/mol. The van der Waals surface area contributed by atoms with E-state index in [-0.39, 0.29) is 11.5 Å². The Morgan fingerprint density at radius 3 is 2.83 bits per heavy atom. The molecule has 2 N–H and O–H groups in total. The van der Waals surface area contributed by atoms with E-state index in [1.54, 1.807) is 13.2 Å². The van der Waals surface area contributed by atoms with Crippen LogP contribution < -0.4 is 4.72 Å². The van der Waals surface area contributed by atoms with Crippen LogP contribution in [0.5, 0.6) is 0 Å². The number of carbonyl (C=O) groups is 1. The molecule has 1 aromatic carbocycles. The molecular formula is C15H22N2O5S. The van der Waals surface area contributed by atoms with E-state index in [4.69, 9.17) is 9.84 Å². The second kappa shape index (κ2) is 7.29. The molecule has 1 unspecified atom stereocenters. The van der Waals surface area contributed by atoms with Gasteiger partial charge < -0.3 is 9.84 Å². The zero-order valence-electron chi connectivity index (χ0n) is 13.3. The first-order valence-corrected chi connectivity index (χ1v) is 8.94. The standard InChI is InChI=1S/C15H22N2O5S/c1-3-12-8-13(4-5-14(12)15(18)19)16-23(20,21)17-7-6-11(9-17)10-22-2/h4-5,8,11,16H,3,6-7,9-10H2,1-2H3,(H,18,19). The number of carboxylic acids is 1. The van der Waals surface area contributed by atoms with Gasteiger partial charge in [-0.15, -0.1) is 0 Å². The Hall–Kier alpha value is -1.64. The Morgan fingerprint density at radius 2 is 2.22 bits per heavy atom. The van der Waals surface area contributed by atoms with E-state index in [0.29, 0.717) is 37.4 Å². The van der Waals surface area contributed by atoms with Crippen LogP contribution >= 0.6 is 0 Å². The fourth-order valence-electron chi connectivity index (χ4n) is 2.76. The van der Waals surface area contributed by atoms with Crippen molar-refractivity contribution in [1.82, 2.24) is 4.31 Å². The van der Waals surface area contributed by atoms with E-state index in [0.717, 1.165) is 6.42 Å². The Morgan fingerprint density at radius 1 is 1.48 bits per heavy atom. The number of carboxylic acid groups (broad SMARTS) is 1. The van der Waals surface area contributed by atoms with Crippen LogP contribution in [0.2, 0.25) is 0 Å². The minimum Gasteiger partial charge on any atom is -0.478 e. The summed E-state index contributed by atoms with van der Waals surface area (Å²) in [6.45, 7) is 3.25. The molecule has 128 valence electrons. The van der Waals surface area contributed by atoms with E-state index in [1.807, 2.05) is 6.92 Å². The number of benzene rings is 1. The zero-order valence-corrected chi connectivity index (χ0v) is 14.1. The summed E-state index contributed by atoms with van der Waals surface area (Å²) in [5, 5.41) is 9.11. The lowest BCUT2D eigenvalue weighted by molar-refractivity contribution is 0.0695. The molecule has 23 heavy (non-hydrogen) atoms. The van der Waals surface area contributed by atoms with Gasteiger partial charge in [0.25, 0.3) is 0 Å². The summed E-state index contributed by atoms with van der Waals surface area (Å²) in [7, 11) is -2.04. The maximum Gasteiger partial charge on any atom is 0.335 e. The van der Waals surface area contributed by atoms with Crippen molar-refractivity contribution in [2.45, 2.75) is 19.8 Å². The molecule has 0 amide bonds. The van der Waals surface area contributed by atoms with Crippen molar-refractivity contribution in [3.8, 4) is 0 Å². The molecule has 1 aromatic rings. The summed E-state index contributed by atoms with van der Waals surface area (Å²) < 4.78 is 33.9. The molecule has 0 saturated carbocycles. The minimum absolute atomic E-state index is 0.191. The topological polar surface area (TPSA) is 95.9 Å². The van der Waals surface area contributed by atoms with Gasteiger partial charge in [-0.3, -0.25) is 4.72 Å². The van der Waals surface area contributed by atoms with Crippen LogP contribution in [0, 0.1) is 5.92 Å². The number of ether oxygens (including phenoxy) is 1. The summed E-state index contributed by atoms with van der Waals surface area (Å²) in [6, 6.07) is 4.48. The third-order valence-electron chi connectivity index (χ3n) is 3.95. The second-order valence-electron chi connectivity index (χ2n) is 5.61. The average Bonchev–Trinajstić information content (AvgIpc) is 2.96. The smallest absolute Gasteiger partial charge is 0.335 e. The van der Waals surface area contributed by atoms with Crippen LogP contribution in [0.3, 0.4) is 0 Å². The number of anilines is 1. The van der Waals surface area contributed by atoms with Crippen molar-refractivity contribution in [3.63, 3.8) is 0 Å². The molecule has 0 radical (unpaired) electrons. The van der Waals surface area contributed by atoms with Crippen LogP contribution in [0.1, 0.15) is 29.3 Å². The van der Waals surface area contributed by atoms with E-state index in [2.05, 4.69) is 4.72 Å². The Kier molecular flexibility index (Phi) is 5.61. The fourth-order valence-corrected chi connectivity index (χ4v) is 4.07. The maximum absolute atomic E-state index is 12.4. The third kappa shape index (κ3) is 4.21. The van der Waals surface area contributed by atoms with Gasteiger partial charge in [0.2, 0.25) is 0 Å². The highest BCUT2D eigenvalue weighted by Gasteiger charge is 2.31. The number of nitrogens with zero attached hydrogens (tertiary/aromatic N) is 1. The second-order valence-corrected chi connectivity index (χ2v) is 7.28. The fraction of sp³-hybridized carbons (Fsp3) is 0.533. The van der Waals surface area contributed by atoms with Crippen molar-refractivity contribution in [2.24, 2.45) is 5.92 Å². The zero-order chi connectivity index (χ0) is 17.0. The van der Waals surface area contributed by atoms with Gasteiger partial charge in [-0.1, -0.05) is 6.92 Å². The largest absolute Gasteiger partial charge is 0.478 e. The Labute approximate surface area is 136 Å². The van der Waals surface area contributed by atoms with Crippen LogP contribution in [-0.2, 0) is 21.4 Å². The highest BCUT2D eigenvalue weighted by Crippen LogP contribution is 2.23. The van der Waals surface area contributed by atoms with Crippen molar-refractivity contribution in [3.05, 3.63) is 29.3 Å². The molecule has 1 aliphatic heterocycles. The molecule has 0 aromatic heterocycles. The first kappa shape index (κ1) is 17.7. The van der Waals surface area contributed by atoms with Gasteiger partial charge in [0, 0.05) is 20.2 Å². The number of rotatable bonds is 7. The van der Waals surface area contributed by atoms with Crippen LogP contribution in [-0.4, -0.2) is 50.6 Å².